The standard InChI is InChI=1S/C16H13FN2/c17-16-7-6-15(8-13(16)9-18)19-10-14(11-19)12-4-2-1-3-5-12/h1-8,14H,10-11H2. The van der Waals surface area contributed by atoms with Crippen LogP contribution in [-0.4, -0.2) is 13.1 Å². The maximum absolute atomic E-state index is 13.3. The first-order valence-electron chi connectivity index (χ1n) is 6.27. The predicted molar refractivity (Wildman–Crippen MR) is 72.5 cm³/mol. The molecule has 0 radical (unpaired) electrons. The second kappa shape index (κ2) is 4.74. The summed E-state index contributed by atoms with van der Waals surface area (Å²) in [5.74, 6) is 0.0724. The van der Waals surface area contributed by atoms with E-state index >= 15 is 0 Å². The lowest BCUT2D eigenvalue weighted by Gasteiger charge is -2.41. The summed E-state index contributed by atoms with van der Waals surface area (Å²) in [6.45, 7) is 1.83. The summed E-state index contributed by atoms with van der Waals surface area (Å²) in [6, 6.07) is 17.0. The zero-order chi connectivity index (χ0) is 13.2. The van der Waals surface area contributed by atoms with Crippen LogP contribution in [0.5, 0.6) is 0 Å². The van der Waals surface area contributed by atoms with Gasteiger partial charge in [-0.15, -0.1) is 0 Å². The van der Waals surface area contributed by atoms with Crippen LogP contribution in [0.2, 0.25) is 0 Å². The monoisotopic (exact) mass is 252 g/mol. The molecular weight excluding hydrogens is 239 g/mol. The van der Waals surface area contributed by atoms with Crippen molar-refractivity contribution in [1.29, 1.82) is 5.26 Å². The van der Waals surface area contributed by atoms with Crippen LogP contribution in [0.3, 0.4) is 0 Å². The SMILES string of the molecule is N#Cc1cc(N2CC(c3ccccc3)C2)ccc1F. The van der Waals surface area contributed by atoms with Gasteiger partial charge in [-0.3, -0.25) is 0 Å². The highest BCUT2D eigenvalue weighted by atomic mass is 19.1. The Morgan fingerprint density at radius 1 is 1.11 bits per heavy atom. The second-order valence-electron chi connectivity index (χ2n) is 4.79. The van der Waals surface area contributed by atoms with Gasteiger partial charge in [0, 0.05) is 24.7 Å². The average molecular weight is 252 g/mol. The van der Waals surface area contributed by atoms with E-state index in [9.17, 15) is 4.39 Å². The summed E-state index contributed by atoms with van der Waals surface area (Å²) in [6.07, 6.45) is 0. The van der Waals surface area contributed by atoms with Crippen molar-refractivity contribution in [3.8, 4) is 6.07 Å². The number of benzene rings is 2. The van der Waals surface area contributed by atoms with Crippen LogP contribution in [0.1, 0.15) is 17.0 Å². The van der Waals surface area contributed by atoms with Gasteiger partial charge < -0.3 is 4.90 Å². The van der Waals surface area contributed by atoms with Crippen molar-refractivity contribution in [3.05, 3.63) is 65.5 Å². The van der Waals surface area contributed by atoms with Crippen LogP contribution in [0.4, 0.5) is 10.1 Å². The van der Waals surface area contributed by atoms with Gasteiger partial charge in [0.1, 0.15) is 11.9 Å². The molecule has 19 heavy (non-hydrogen) atoms. The third-order valence-electron chi connectivity index (χ3n) is 3.59. The number of nitrogens with zero attached hydrogens (tertiary/aromatic N) is 2. The van der Waals surface area contributed by atoms with Gasteiger partial charge >= 0.3 is 0 Å². The van der Waals surface area contributed by atoms with Crippen molar-refractivity contribution in [1.82, 2.24) is 0 Å². The molecule has 0 amide bonds. The number of rotatable bonds is 2. The first kappa shape index (κ1) is 11.7. The third kappa shape index (κ3) is 2.17. The summed E-state index contributed by atoms with van der Waals surface area (Å²) in [4.78, 5) is 2.16. The highest BCUT2D eigenvalue weighted by molar-refractivity contribution is 5.55. The van der Waals surface area contributed by atoms with Crippen molar-refractivity contribution in [3.63, 3.8) is 0 Å². The first-order valence-corrected chi connectivity index (χ1v) is 6.27. The Morgan fingerprint density at radius 3 is 2.53 bits per heavy atom. The molecule has 0 bridgehead atoms. The summed E-state index contributed by atoms with van der Waals surface area (Å²) in [5.41, 5.74) is 2.37. The second-order valence-corrected chi connectivity index (χ2v) is 4.79. The Morgan fingerprint density at radius 2 is 1.84 bits per heavy atom. The van der Waals surface area contributed by atoms with Crippen LogP contribution in [0.15, 0.2) is 48.5 Å². The third-order valence-corrected chi connectivity index (χ3v) is 3.59. The van der Waals surface area contributed by atoms with E-state index in [1.807, 2.05) is 24.3 Å². The summed E-state index contributed by atoms with van der Waals surface area (Å²) < 4.78 is 13.3. The van der Waals surface area contributed by atoms with Gasteiger partial charge in [-0.05, 0) is 23.8 Å². The lowest BCUT2D eigenvalue weighted by Crippen LogP contribution is -2.45. The number of nitriles is 1. The summed E-state index contributed by atoms with van der Waals surface area (Å²) in [5, 5.41) is 8.84. The summed E-state index contributed by atoms with van der Waals surface area (Å²) in [7, 11) is 0. The van der Waals surface area contributed by atoms with Gasteiger partial charge in [-0.25, -0.2) is 4.39 Å². The molecule has 0 atom stereocenters. The van der Waals surface area contributed by atoms with Gasteiger partial charge in [-0.2, -0.15) is 5.26 Å². The van der Waals surface area contributed by atoms with Crippen molar-refractivity contribution in [2.45, 2.75) is 5.92 Å². The quantitative estimate of drug-likeness (QED) is 0.820. The molecule has 0 unspecified atom stereocenters. The first-order chi connectivity index (χ1) is 9.28. The maximum atomic E-state index is 13.3. The van der Waals surface area contributed by atoms with Crippen LogP contribution >= 0.6 is 0 Å². The predicted octanol–water partition coefficient (Wildman–Crippen LogP) is 3.30. The molecule has 1 heterocycles. The lowest BCUT2D eigenvalue weighted by atomic mass is 9.91. The lowest BCUT2D eigenvalue weighted by molar-refractivity contribution is 0.524. The molecule has 0 aromatic heterocycles. The minimum absolute atomic E-state index is 0.112. The van der Waals surface area contributed by atoms with E-state index in [0.29, 0.717) is 5.92 Å². The largest absolute Gasteiger partial charge is 0.370 e. The molecule has 94 valence electrons. The van der Waals surface area contributed by atoms with Crippen LogP contribution in [0.25, 0.3) is 0 Å². The molecule has 0 spiro atoms. The molecule has 2 aromatic carbocycles. The Labute approximate surface area is 111 Å². The maximum Gasteiger partial charge on any atom is 0.141 e. The molecule has 1 aliphatic heterocycles. The topological polar surface area (TPSA) is 27.0 Å². The fourth-order valence-electron chi connectivity index (χ4n) is 2.42. The fourth-order valence-corrected chi connectivity index (χ4v) is 2.42. The van der Waals surface area contributed by atoms with Crippen LogP contribution < -0.4 is 4.90 Å². The molecule has 1 fully saturated rings. The minimum atomic E-state index is -0.452. The van der Waals surface area contributed by atoms with Crippen molar-refractivity contribution in [2.75, 3.05) is 18.0 Å². The van der Waals surface area contributed by atoms with Gasteiger partial charge in [0.05, 0.1) is 5.56 Å². The molecule has 0 saturated carbocycles. The van der Waals surface area contributed by atoms with Gasteiger partial charge in [0.2, 0.25) is 0 Å². The van der Waals surface area contributed by atoms with E-state index < -0.39 is 5.82 Å². The molecule has 0 N–H and O–H groups in total. The number of halogens is 1. The molecule has 3 rings (SSSR count). The Hall–Kier alpha value is -2.34. The van der Waals surface area contributed by atoms with Gasteiger partial charge in [-0.1, -0.05) is 30.3 Å². The molecule has 1 aliphatic rings. The van der Waals surface area contributed by atoms with Gasteiger partial charge in [0.15, 0.2) is 0 Å². The van der Waals surface area contributed by atoms with Crippen LogP contribution in [0, 0.1) is 17.1 Å². The van der Waals surface area contributed by atoms with Crippen molar-refractivity contribution in [2.24, 2.45) is 0 Å². The fraction of sp³-hybridized carbons (Fsp3) is 0.188. The van der Waals surface area contributed by atoms with E-state index in [4.69, 9.17) is 5.26 Å². The Bertz CT molecular complexity index is 625. The Kier molecular flexibility index (Phi) is 2.92. The van der Waals surface area contributed by atoms with Crippen molar-refractivity contribution < 1.29 is 4.39 Å². The normalized spacial score (nSPS) is 14.8. The van der Waals surface area contributed by atoms with Crippen molar-refractivity contribution >= 4 is 5.69 Å². The zero-order valence-electron chi connectivity index (χ0n) is 10.4. The average Bonchev–Trinajstić information content (AvgIpc) is 2.40. The molecule has 0 aliphatic carbocycles. The molecule has 2 nitrogen and oxygen atoms in total. The Balaban J connectivity index is 1.73. The number of hydrogen-bond acceptors (Lipinski definition) is 2. The van der Waals surface area contributed by atoms with Crippen LogP contribution in [-0.2, 0) is 0 Å². The molecular formula is C16H13FN2. The molecule has 3 heteroatoms. The smallest absolute Gasteiger partial charge is 0.141 e. The molecule has 2 aromatic rings. The van der Waals surface area contributed by atoms with E-state index in [2.05, 4.69) is 17.0 Å². The van der Waals surface area contributed by atoms with E-state index in [-0.39, 0.29) is 5.56 Å². The minimum Gasteiger partial charge on any atom is -0.370 e. The zero-order valence-corrected chi connectivity index (χ0v) is 10.4. The van der Waals surface area contributed by atoms with E-state index in [1.165, 1.54) is 11.6 Å². The number of anilines is 1. The van der Waals surface area contributed by atoms with E-state index in [1.54, 1.807) is 12.1 Å². The number of hydrogen-bond donors (Lipinski definition) is 0. The summed E-state index contributed by atoms with van der Waals surface area (Å²) >= 11 is 0. The highest BCUT2D eigenvalue weighted by Gasteiger charge is 2.28. The van der Waals surface area contributed by atoms with E-state index in [0.717, 1.165) is 18.8 Å². The van der Waals surface area contributed by atoms with Gasteiger partial charge in [0.25, 0.3) is 0 Å². The highest BCUT2D eigenvalue weighted by Crippen LogP contribution is 2.32. The molecule has 1 saturated heterocycles.